The quantitative estimate of drug-likeness (QED) is 0.906. The van der Waals surface area contributed by atoms with E-state index in [9.17, 15) is 9.59 Å². The SMILES string of the molecule is O=C(O)C1CSCC(=O)N1c1ccccc1Br. The number of carbonyl (C=O) groups excluding carboxylic acids is 1. The summed E-state index contributed by atoms with van der Waals surface area (Å²) in [7, 11) is 0. The maximum absolute atomic E-state index is 11.9. The van der Waals surface area contributed by atoms with Gasteiger partial charge < -0.3 is 5.11 Å². The van der Waals surface area contributed by atoms with E-state index in [1.165, 1.54) is 16.7 Å². The summed E-state index contributed by atoms with van der Waals surface area (Å²) in [5.74, 6) is -0.394. The molecule has 0 aromatic heterocycles. The van der Waals surface area contributed by atoms with Gasteiger partial charge in [-0.3, -0.25) is 9.69 Å². The molecule has 1 atom stereocenters. The second-order valence-corrected chi connectivity index (χ2v) is 5.47. The lowest BCUT2D eigenvalue weighted by Crippen LogP contribution is -2.51. The molecule has 0 bridgehead atoms. The lowest BCUT2D eigenvalue weighted by atomic mass is 10.2. The monoisotopic (exact) mass is 315 g/mol. The van der Waals surface area contributed by atoms with Gasteiger partial charge in [0.25, 0.3) is 0 Å². The van der Waals surface area contributed by atoms with Gasteiger partial charge in [0.05, 0.1) is 11.4 Å². The van der Waals surface area contributed by atoms with E-state index in [4.69, 9.17) is 5.11 Å². The minimum atomic E-state index is -0.971. The Morgan fingerprint density at radius 1 is 1.47 bits per heavy atom. The summed E-state index contributed by atoms with van der Waals surface area (Å²) < 4.78 is 0.728. The third-order valence-electron chi connectivity index (χ3n) is 2.48. The summed E-state index contributed by atoms with van der Waals surface area (Å²) in [5.41, 5.74) is 0.616. The number of hydrogen-bond acceptors (Lipinski definition) is 3. The van der Waals surface area contributed by atoms with Crippen molar-refractivity contribution in [1.29, 1.82) is 0 Å². The second kappa shape index (κ2) is 5.10. The Morgan fingerprint density at radius 3 is 2.82 bits per heavy atom. The van der Waals surface area contributed by atoms with Crippen molar-refractivity contribution in [3.63, 3.8) is 0 Å². The first-order valence-corrected chi connectivity index (χ1v) is 6.93. The fraction of sp³-hybridized carbons (Fsp3) is 0.273. The smallest absolute Gasteiger partial charge is 0.327 e. The zero-order valence-electron chi connectivity index (χ0n) is 8.80. The van der Waals surface area contributed by atoms with Gasteiger partial charge in [0.2, 0.25) is 5.91 Å². The molecule has 0 spiro atoms. The summed E-state index contributed by atoms with van der Waals surface area (Å²) in [5, 5.41) is 9.16. The molecule has 1 heterocycles. The molecule has 1 unspecified atom stereocenters. The number of carboxylic acids is 1. The zero-order chi connectivity index (χ0) is 12.4. The standard InChI is InChI=1S/C11H10BrNO3S/c12-7-3-1-2-4-8(7)13-9(11(15)16)5-17-6-10(13)14/h1-4,9H,5-6H2,(H,15,16). The fourth-order valence-corrected chi connectivity index (χ4v) is 3.13. The minimum Gasteiger partial charge on any atom is -0.480 e. The van der Waals surface area contributed by atoms with E-state index in [-0.39, 0.29) is 5.91 Å². The van der Waals surface area contributed by atoms with Crippen molar-refractivity contribution in [3.8, 4) is 0 Å². The first kappa shape index (κ1) is 12.4. The van der Waals surface area contributed by atoms with E-state index in [1.807, 2.05) is 6.07 Å². The average Bonchev–Trinajstić information content (AvgIpc) is 2.30. The van der Waals surface area contributed by atoms with Gasteiger partial charge in [-0.15, -0.1) is 11.8 Å². The van der Waals surface area contributed by atoms with Crippen molar-refractivity contribution in [3.05, 3.63) is 28.7 Å². The predicted molar refractivity (Wildman–Crippen MR) is 70.4 cm³/mol. The van der Waals surface area contributed by atoms with Gasteiger partial charge >= 0.3 is 5.97 Å². The molecule has 1 aromatic rings. The molecular formula is C11H10BrNO3S. The number of halogens is 1. The van der Waals surface area contributed by atoms with E-state index in [2.05, 4.69) is 15.9 Å². The van der Waals surface area contributed by atoms with Gasteiger partial charge in [-0.1, -0.05) is 12.1 Å². The molecular weight excluding hydrogens is 306 g/mol. The molecule has 4 nitrogen and oxygen atoms in total. The fourth-order valence-electron chi connectivity index (χ4n) is 1.71. The van der Waals surface area contributed by atoms with Crippen LogP contribution in [0.3, 0.4) is 0 Å². The first-order chi connectivity index (χ1) is 8.11. The van der Waals surface area contributed by atoms with Crippen LogP contribution in [0.25, 0.3) is 0 Å². The molecule has 1 N–H and O–H groups in total. The molecule has 6 heteroatoms. The highest BCUT2D eigenvalue weighted by Gasteiger charge is 2.35. The zero-order valence-corrected chi connectivity index (χ0v) is 11.2. The summed E-state index contributed by atoms with van der Waals surface area (Å²) in [6, 6.07) is 6.36. The highest BCUT2D eigenvalue weighted by molar-refractivity contribution is 9.10. The van der Waals surface area contributed by atoms with Gasteiger partial charge in [0, 0.05) is 10.2 Å². The Kier molecular flexibility index (Phi) is 3.73. The highest BCUT2D eigenvalue weighted by Crippen LogP contribution is 2.31. The number of anilines is 1. The van der Waals surface area contributed by atoms with Crippen LogP contribution in [0.15, 0.2) is 28.7 Å². The predicted octanol–water partition coefficient (Wildman–Crippen LogP) is 1.98. The number of rotatable bonds is 2. The number of para-hydroxylation sites is 1. The molecule has 1 aliphatic heterocycles. The van der Waals surface area contributed by atoms with Gasteiger partial charge in [-0.05, 0) is 28.1 Å². The number of carboxylic acid groups (broad SMARTS) is 1. The van der Waals surface area contributed by atoms with Crippen LogP contribution in [0.2, 0.25) is 0 Å². The molecule has 90 valence electrons. The second-order valence-electron chi connectivity index (χ2n) is 3.58. The van der Waals surface area contributed by atoms with E-state index in [0.717, 1.165) is 4.47 Å². The Bertz CT molecular complexity index is 466. The number of thioether (sulfide) groups is 1. The highest BCUT2D eigenvalue weighted by atomic mass is 79.9. The number of amides is 1. The van der Waals surface area contributed by atoms with E-state index in [1.54, 1.807) is 18.2 Å². The number of nitrogens with zero attached hydrogens (tertiary/aromatic N) is 1. The molecule has 2 rings (SSSR count). The molecule has 17 heavy (non-hydrogen) atoms. The largest absolute Gasteiger partial charge is 0.480 e. The van der Waals surface area contributed by atoms with Crippen molar-refractivity contribution in [2.75, 3.05) is 16.4 Å². The summed E-state index contributed by atoms with van der Waals surface area (Å²) in [4.78, 5) is 24.4. The van der Waals surface area contributed by atoms with Crippen LogP contribution in [0.4, 0.5) is 5.69 Å². The van der Waals surface area contributed by atoms with E-state index >= 15 is 0 Å². The summed E-state index contributed by atoms with van der Waals surface area (Å²) in [6.45, 7) is 0. The number of benzene rings is 1. The molecule has 0 aliphatic carbocycles. The number of aliphatic carboxylic acids is 1. The van der Waals surface area contributed by atoms with Crippen molar-refractivity contribution in [2.45, 2.75) is 6.04 Å². The minimum absolute atomic E-state index is 0.166. The van der Waals surface area contributed by atoms with Gasteiger partial charge in [0.15, 0.2) is 0 Å². The summed E-state index contributed by atoms with van der Waals surface area (Å²) in [6.07, 6.45) is 0. The Morgan fingerprint density at radius 2 is 2.18 bits per heavy atom. The third-order valence-corrected chi connectivity index (χ3v) is 4.15. The van der Waals surface area contributed by atoms with Crippen LogP contribution in [0.5, 0.6) is 0 Å². The van der Waals surface area contributed by atoms with Crippen LogP contribution in [0.1, 0.15) is 0 Å². The molecule has 0 radical (unpaired) electrons. The third kappa shape index (κ3) is 2.47. The molecule has 0 saturated carbocycles. The molecule has 1 saturated heterocycles. The lowest BCUT2D eigenvalue weighted by molar-refractivity contribution is -0.139. The van der Waals surface area contributed by atoms with Gasteiger partial charge in [0.1, 0.15) is 6.04 Å². The first-order valence-electron chi connectivity index (χ1n) is 4.98. The van der Waals surface area contributed by atoms with Crippen LogP contribution in [0, 0.1) is 0 Å². The topological polar surface area (TPSA) is 57.6 Å². The number of hydrogen-bond donors (Lipinski definition) is 1. The molecule has 1 aliphatic rings. The Hall–Kier alpha value is -1.01. The lowest BCUT2D eigenvalue weighted by Gasteiger charge is -2.33. The van der Waals surface area contributed by atoms with Crippen molar-refractivity contribution in [1.82, 2.24) is 0 Å². The van der Waals surface area contributed by atoms with Crippen LogP contribution >= 0.6 is 27.7 Å². The van der Waals surface area contributed by atoms with Crippen LogP contribution in [-0.4, -0.2) is 34.5 Å². The molecule has 1 aromatic carbocycles. The Labute approximate surface area is 111 Å². The molecule has 1 amide bonds. The maximum atomic E-state index is 11.9. The summed E-state index contributed by atoms with van der Waals surface area (Å²) >= 11 is 4.70. The van der Waals surface area contributed by atoms with Crippen molar-refractivity contribution in [2.24, 2.45) is 0 Å². The van der Waals surface area contributed by atoms with Crippen LogP contribution in [-0.2, 0) is 9.59 Å². The van der Waals surface area contributed by atoms with Crippen LogP contribution < -0.4 is 4.90 Å². The van der Waals surface area contributed by atoms with E-state index in [0.29, 0.717) is 17.2 Å². The average molecular weight is 316 g/mol. The van der Waals surface area contributed by atoms with Crippen molar-refractivity contribution >= 4 is 45.3 Å². The number of carbonyl (C=O) groups is 2. The maximum Gasteiger partial charge on any atom is 0.327 e. The van der Waals surface area contributed by atoms with E-state index < -0.39 is 12.0 Å². The Balaban J connectivity index is 2.42. The van der Waals surface area contributed by atoms with Gasteiger partial charge in [-0.25, -0.2) is 4.79 Å². The van der Waals surface area contributed by atoms with Gasteiger partial charge in [-0.2, -0.15) is 0 Å². The normalized spacial score (nSPS) is 20.4. The van der Waals surface area contributed by atoms with Crippen molar-refractivity contribution < 1.29 is 14.7 Å². The molecule has 1 fully saturated rings.